The zero-order valence-electron chi connectivity index (χ0n) is 16.9. The number of nitrogens with one attached hydrogen (secondary N) is 2. The Balaban J connectivity index is 1.30. The lowest BCUT2D eigenvalue weighted by molar-refractivity contribution is -0.128. The lowest BCUT2D eigenvalue weighted by Gasteiger charge is -2.16. The maximum atomic E-state index is 12.6. The first-order chi connectivity index (χ1) is 15.0. The highest BCUT2D eigenvalue weighted by atomic mass is 35.5. The highest BCUT2D eigenvalue weighted by Gasteiger charge is 2.34. The van der Waals surface area contributed by atoms with E-state index >= 15 is 0 Å². The Morgan fingerprint density at radius 1 is 1.45 bits per heavy atom. The van der Waals surface area contributed by atoms with Gasteiger partial charge in [-0.05, 0) is 30.2 Å². The molecule has 1 atom stereocenters. The van der Waals surface area contributed by atoms with Crippen LogP contribution in [-0.4, -0.2) is 64.5 Å². The summed E-state index contributed by atoms with van der Waals surface area (Å²) in [4.78, 5) is 30.0. The van der Waals surface area contributed by atoms with Crippen molar-refractivity contribution >= 4 is 62.5 Å². The number of anilines is 1. The predicted octanol–water partition coefficient (Wildman–Crippen LogP) is 3.44. The van der Waals surface area contributed by atoms with Crippen molar-refractivity contribution < 1.29 is 14.3 Å². The number of amides is 2. The molecule has 0 radical (unpaired) electrons. The predicted molar refractivity (Wildman–Crippen MR) is 123 cm³/mol. The summed E-state index contributed by atoms with van der Waals surface area (Å²) in [6, 6.07) is 5.71. The number of nitrogens with zero attached hydrogens (tertiary/aromatic N) is 3. The Morgan fingerprint density at radius 3 is 3.16 bits per heavy atom. The van der Waals surface area contributed by atoms with Crippen molar-refractivity contribution in [2.75, 3.05) is 37.9 Å². The van der Waals surface area contributed by atoms with Crippen molar-refractivity contribution in [2.24, 2.45) is 5.92 Å². The summed E-state index contributed by atoms with van der Waals surface area (Å²) in [6.07, 6.45) is 2.85. The highest BCUT2D eigenvalue weighted by molar-refractivity contribution is 8.01. The molecule has 1 aliphatic rings. The van der Waals surface area contributed by atoms with E-state index in [0.717, 1.165) is 26.6 Å². The maximum Gasteiger partial charge on any atom is 0.231 e. The molecule has 4 rings (SSSR count). The first-order valence-corrected chi connectivity index (χ1v) is 12.0. The van der Waals surface area contributed by atoms with Gasteiger partial charge in [-0.25, -0.2) is 0 Å². The number of rotatable bonds is 9. The number of methoxy groups -OCH3 is 1. The van der Waals surface area contributed by atoms with Crippen LogP contribution in [0.2, 0.25) is 5.02 Å². The van der Waals surface area contributed by atoms with Gasteiger partial charge < -0.3 is 19.9 Å². The summed E-state index contributed by atoms with van der Waals surface area (Å²) in [5.41, 5.74) is 2.12. The van der Waals surface area contributed by atoms with Crippen LogP contribution < -0.4 is 5.32 Å². The van der Waals surface area contributed by atoms with Gasteiger partial charge in [-0.1, -0.05) is 34.7 Å². The van der Waals surface area contributed by atoms with Crippen LogP contribution in [0.3, 0.4) is 0 Å². The summed E-state index contributed by atoms with van der Waals surface area (Å²) < 4.78 is 5.79. The first-order valence-electron chi connectivity index (χ1n) is 9.83. The standard InChI is InChI=1S/C20H22ClN5O3S2/c1-29-6-7-30-20-25-24-19(31-20)23-18(28)13-8-17(27)26(11-13)5-4-12-10-22-16-3-2-14(21)9-15(12)16/h2-3,9-10,13,22H,4-8,11H2,1H3,(H,23,24,28)/t13-/m1/s1. The Labute approximate surface area is 192 Å². The monoisotopic (exact) mass is 479 g/mol. The second kappa shape index (κ2) is 9.99. The van der Waals surface area contributed by atoms with E-state index in [0.29, 0.717) is 36.3 Å². The minimum absolute atomic E-state index is 0.00824. The smallest absolute Gasteiger partial charge is 0.231 e. The van der Waals surface area contributed by atoms with E-state index in [1.54, 1.807) is 12.0 Å². The fraction of sp³-hybridized carbons (Fsp3) is 0.400. The summed E-state index contributed by atoms with van der Waals surface area (Å²) >= 11 is 8.96. The quantitative estimate of drug-likeness (QED) is 0.277. The van der Waals surface area contributed by atoms with Crippen LogP contribution in [-0.2, 0) is 20.7 Å². The SMILES string of the molecule is COCCSc1nnc(NC(=O)[C@@H]2CC(=O)N(CCc3c[nH]c4ccc(Cl)cc34)C2)s1. The maximum absolute atomic E-state index is 12.6. The normalized spacial score (nSPS) is 16.4. The fourth-order valence-corrected chi connectivity index (χ4v) is 5.41. The second-order valence-corrected chi connectivity index (χ2v) is 9.95. The molecule has 164 valence electrons. The highest BCUT2D eigenvalue weighted by Crippen LogP contribution is 2.27. The molecule has 31 heavy (non-hydrogen) atoms. The third kappa shape index (κ3) is 5.38. The van der Waals surface area contributed by atoms with E-state index in [-0.39, 0.29) is 18.2 Å². The minimum Gasteiger partial charge on any atom is -0.384 e. The summed E-state index contributed by atoms with van der Waals surface area (Å²) in [5.74, 6) is 0.178. The molecular weight excluding hydrogens is 458 g/mol. The van der Waals surface area contributed by atoms with E-state index in [1.807, 2.05) is 24.4 Å². The van der Waals surface area contributed by atoms with Gasteiger partial charge in [0.05, 0.1) is 12.5 Å². The topological polar surface area (TPSA) is 100 Å². The Kier molecular flexibility index (Phi) is 7.11. The molecule has 0 saturated carbocycles. The van der Waals surface area contributed by atoms with Gasteiger partial charge in [0.1, 0.15) is 0 Å². The van der Waals surface area contributed by atoms with Gasteiger partial charge in [-0.15, -0.1) is 10.2 Å². The minimum atomic E-state index is -0.390. The molecule has 2 N–H and O–H groups in total. The second-order valence-electron chi connectivity index (χ2n) is 7.20. The number of hydrogen-bond donors (Lipinski definition) is 2. The number of thioether (sulfide) groups is 1. The number of halogens is 1. The number of carbonyl (C=O) groups is 2. The molecule has 3 aromatic rings. The van der Waals surface area contributed by atoms with Crippen LogP contribution in [0.5, 0.6) is 0 Å². The molecule has 1 fully saturated rings. The van der Waals surface area contributed by atoms with Crippen molar-refractivity contribution in [3.05, 3.63) is 35.0 Å². The molecule has 8 nitrogen and oxygen atoms in total. The summed E-state index contributed by atoms with van der Waals surface area (Å²) in [5, 5.41) is 13.1. The van der Waals surface area contributed by atoms with E-state index in [1.165, 1.54) is 23.1 Å². The van der Waals surface area contributed by atoms with Gasteiger partial charge in [0.25, 0.3) is 0 Å². The van der Waals surface area contributed by atoms with Gasteiger partial charge in [0.2, 0.25) is 16.9 Å². The van der Waals surface area contributed by atoms with Crippen molar-refractivity contribution in [3.63, 3.8) is 0 Å². The average molecular weight is 480 g/mol. The van der Waals surface area contributed by atoms with Gasteiger partial charge in [-0.2, -0.15) is 0 Å². The number of aromatic nitrogens is 3. The molecule has 0 unspecified atom stereocenters. The van der Waals surface area contributed by atoms with E-state index in [9.17, 15) is 9.59 Å². The molecule has 2 amide bonds. The molecule has 1 aliphatic heterocycles. The number of H-pyrrole nitrogens is 1. The number of hydrogen-bond acceptors (Lipinski definition) is 7. The lowest BCUT2D eigenvalue weighted by Crippen LogP contribution is -2.30. The fourth-order valence-electron chi connectivity index (χ4n) is 3.52. The van der Waals surface area contributed by atoms with E-state index < -0.39 is 5.92 Å². The zero-order chi connectivity index (χ0) is 21.8. The average Bonchev–Trinajstić information content (AvgIpc) is 3.45. The van der Waals surface area contributed by atoms with Crippen molar-refractivity contribution in [1.29, 1.82) is 0 Å². The third-order valence-electron chi connectivity index (χ3n) is 5.12. The molecule has 2 aromatic heterocycles. The number of fused-ring (bicyclic) bond motifs is 1. The van der Waals surface area contributed by atoms with Crippen molar-refractivity contribution in [1.82, 2.24) is 20.1 Å². The summed E-state index contributed by atoms with van der Waals surface area (Å²) in [6.45, 7) is 1.58. The largest absolute Gasteiger partial charge is 0.384 e. The third-order valence-corrected chi connectivity index (χ3v) is 7.29. The van der Waals surface area contributed by atoms with Crippen LogP contribution in [0.1, 0.15) is 12.0 Å². The van der Waals surface area contributed by atoms with Crippen LogP contribution in [0.15, 0.2) is 28.7 Å². The van der Waals surface area contributed by atoms with E-state index in [2.05, 4.69) is 20.5 Å². The molecule has 1 aromatic carbocycles. The van der Waals surface area contributed by atoms with Gasteiger partial charge in [0.15, 0.2) is 4.34 Å². The van der Waals surface area contributed by atoms with Gasteiger partial charge in [-0.3, -0.25) is 9.59 Å². The first kappa shape index (κ1) is 22.1. The van der Waals surface area contributed by atoms with Gasteiger partial charge >= 0.3 is 0 Å². The molecule has 0 aliphatic carbocycles. The Morgan fingerprint density at radius 2 is 2.32 bits per heavy atom. The van der Waals surface area contributed by atoms with E-state index in [4.69, 9.17) is 16.3 Å². The molecule has 0 bridgehead atoms. The molecule has 11 heteroatoms. The zero-order valence-corrected chi connectivity index (χ0v) is 19.3. The van der Waals surface area contributed by atoms with Crippen LogP contribution in [0.25, 0.3) is 10.9 Å². The van der Waals surface area contributed by atoms with Crippen molar-refractivity contribution in [2.45, 2.75) is 17.2 Å². The van der Waals surface area contributed by atoms with Crippen molar-refractivity contribution in [3.8, 4) is 0 Å². The summed E-state index contributed by atoms with van der Waals surface area (Å²) in [7, 11) is 1.65. The number of carbonyl (C=O) groups excluding carboxylic acids is 2. The number of aromatic amines is 1. The van der Waals surface area contributed by atoms with Crippen LogP contribution >= 0.6 is 34.7 Å². The lowest BCUT2D eigenvalue weighted by atomic mass is 10.1. The van der Waals surface area contributed by atoms with Crippen LogP contribution in [0, 0.1) is 5.92 Å². The molecule has 1 saturated heterocycles. The number of likely N-dealkylation sites (tertiary alicyclic amines) is 1. The number of benzene rings is 1. The molecule has 0 spiro atoms. The Hall–Kier alpha value is -2.14. The van der Waals surface area contributed by atoms with Crippen LogP contribution in [0.4, 0.5) is 5.13 Å². The Bertz CT molecular complexity index is 1090. The molecular formula is C20H22ClN5O3S2. The number of ether oxygens (including phenoxy) is 1. The van der Waals surface area contributed by atoms with Gasteiger partial charge in [0, 0.05) is 54.5 Å². The molecule has 3 heterocycles.